The van der Waals surface area contributed by atoms with Gasteiger partial charge in [-0.25, -0.2) is 4.79 Å². The van der Waals surface area contributed by atoms with Crippen molar-refractivity contribution in [1.82, 2.24) is 4.90 Å². The normalized spacial score (nSPS) is 15.6. The van der Waals surface area contributed by atoms with Crippen LogP contribution in [-0.4, -0.2) is 43.8 Å². The minimum absolute atomic E-state index is 0.172. The zero-order valence-corrected chi connectivity index (χ0v) is 15.6. The molecule has 1 saturated heterocycles. The molecule has 0 aliphatic carbocycles. The third-order valence-corrected chi connectivity index (χ3v) is 5.27. The number of thioether (sulfide) groups is 1. The number of aliphatic carboxylic acids is 1. The SMILES string of the molecule is Cc1c(C(=O)O)cccc1-c1ccc(/C=C2/SC(=S)N(CC(=O)O)C2=O)o1. The molecule has 9 heteroatoms. The molecule has 0 saturated carbocycles. The number of hydrogen-bond donors (Lipinski definition) is 2. The molecule has 1 aromatic carbocycles. The summed E-state index contributed by atoms with van der Waals surface area (Å²) in [5.41, 5.74) is 1.38. The van der Waals surface area contributed by atoms with Gasteiger partial charge in [-0.1, -0.05) is 36.1 Å². The van der Waals surface area contributed by atoms with Crippen LogP contribution in [0.15, 0.2) is 39.7 Å². The molecule has 1 amide bonds. The van der Waals surface area contributed by atoms with Gasteiger partial charge < -0.3 is 14.6 Å². The van der Waals surface area contributed by atoms with E-state index in [9.17, 15) is 19.5 Å². The summed E-state index contributed by atoms with van der Waals surface area (Å²) in [7, 11) is 0. The minimum atomic E-state index is -1.15. The predicted octanol–water partition coefficient (Wildman–Crippen LogP) is 3.24. The van der Waals surface area contributed by atoms with Crippen LogP contribution in [0, 0.1) is 6.92 Å². The second kappa shape index (κ2) is 7.37. The van der Waals surface area contributed by atoms with Gasteiger partial charge in [0.15, 0.2) is 0 Å². The number of benzene rings is 1. The molecule has 2 N–H and O–H groups in total. The fourth-order valence-corrected chi connectivity index (χ4v) is 3.85. The molecule has 7 nitrogen and oxygen atoms in total. The zero-order valence-electron chi connectivity index (χ0n) is 14.0. The lowest BCUT2D eigenvalue weighted by atomic mass is 10.0. The highest BCUT2D eigenvalue weighted by molar-refractivity contribution is 8.26. The molecular weight excluding hydrogens is 390 g/mol. The van der Waals surface area contributed by atoms with Gasteiger partial charge in [0.25, 0.3) is 5.91 Å². The van der Waals surface area contributed by atoms with E-state index in [2.05, 4.69) is 0 Å². The van der Waals surface area contributed by atoms with E-state index in [1.807, 2.05) is 0 Å². The number of carbonyl (C=O) groups excluding carboxylic acids is 1. The van der Waals surface area contributed by atoms with E-state index < -0.39 is 24.4 Å². The van der Waals surface area contributed by atoms with Crippen molar-refractivity contribution in [3.05, 3.63) is 52.1 Å². The maximum atomic E-state index is 12.3. The lowest BCUT2D eigenvalue weighted by Crippen LogP contribution is -2.33. The first kappa shape index (κ1) is 18.9. The molecule has 2 aromatic rings. The number of rotatable bonds is 5. The largest absolute Gasteiger partial charge is 0.480 e. The van der Waals surface area contributed by atoms with Crippen LogP contribution < -0.4 is 0 Å². The average molecular weight is 403 g/mol. The first-order valence-corrected chi connectivity index (χ1v) is 8.90. The number of hydrogen-bond acceptors (Lipinski definition) is 6. The second-order valence-corrected chi connectivity index (χ2v) is 7.32. The molecule has 27 heavy (non-hydrogen) atoms. The number of aromatic carboxylic acids is 1. The third kappa shape index (κ3) is 3.79. The maximum absolute atomic E-state index is 12.3. The van der Waals surface area contributed by atoms with Gasteiger partial charge >= 0.3 is 11.9 Å². The van der Waals surface area contributed by atoms with Crippen LogP contribution in [0.2, 0.25) is 0 Å². The van der Waals surface area contributed by atoms with Crippen molar-refractivity contribution >= 4 is 52.2 Å². The molecule has 3 rings (SSSR count). The number of carboxylic acids is 2. The van der Waals surface area contributed by atoms with Crippen LogP contribution in [0.5, 0.6) is 0 Å². The molecule has 1 aliphatic rings. The molecule has 0 bridgehead atoms. The van der Waals surface area contributed by atoms with E-state index >= 15 is 0 Å². The number of nitrogens with zero attached hydrogens (tertiary/aromatic N) is 1. The van der Waals surface area contributed by atoms with Gasteiger partial charge in [-0.2, -0.15) is 0 Å². The van der Waals surface area contributed by atoms with Gasteiger partial charge in [-0.15, -0.1) is 0 Å². The number of thiocarbonyl (C=S) groups is 1. The maximum Gasteiger partial charge on any atom is 0.335 e. The zero-order chi connectivity index (χ0) is 19.7. The minimum Gasteiger partial charge on any atom is -0.480 e. The molecule has 1 aliphatic heterocycles. The van der Waals surface area contributed by atoms with E-state index in [0.29, 0.717) is 22.6 Å². The van der Waals surface area contributed by atoms with Crippen molar-refractivity contribution in [2.75, 3.05) is 6.54 Å². The van der Waals surface area contributed by atoms with Gasteiger partial charge in [-0.05, 0) is 30.7 Å². The molecule has 0 unspecified atom stereocenters. The van der Waals surface area contributed by atoms with Gasteiger partial charge in [0.2, 0.25) is 0 Å². The summed E-state index contributed by atoms with van der Waals surface area (Å²) in [5.74, 6) is -1.83. The van der Waals surface area contributed by atoms with Crippen LogP contribution in [-0.2, 0) is 9.59 Å². The summed E-state index contributed by atoms with van der Waals surface area (Å²) in [4.78, 5) is 35.7. The average Bonchev–Trinajstić information content (AvgIpc) is 3.15. The highest BCUT2D eigenvalue weighted by Crippen LogP contribution is 2.34. The Bertz CT molecular complexity index is 1010. The van der Waals surface area contributed by atoms with Crippen LogP contribution in [0.4, 0.5) is 0 Å². The van der Waals surface area contributed by atoms with Crippen molar-refractivity contribution in [2.24, 2.45) is 0 Å². The number of furan rings is 1. The quantitative estimate of drug-likeness (QED) is 0.579. The number of amides is 1. The molecule has 0 spiro atoms. The summed E-state index contributed by atoms with van der Waals surface area (Å²) in [6.45, 7) is 1.20. The first-order chi connectivity index (χ1) is 12.8. The predicted molar refractivity (Wildman–Crippen MR) is 103 cm³/mol. The van der Waals surface area contributed by atoms with Crippen molar-refractivity contribution in [1.29, 1.82) is 0 Å². The van der Waals surface area contributed by atoms with E-state index in [0.717, 1.165) is 16.7 Å². The van der Waals surface area contributed by atoms with Crippen molar-refractivity contribution < 1.29 is 29.0 Å². The third-order valence-electron chi connectivity index (χ3n) is 3.90. The standard InChI is InChI=1S/C18H13NO6S2/c1-9-11(3-2-4-12(9)17(23)24)13-6-5-10(25-13)7-14-16(22)19(8-15(20)21)18(26)27-14/h2-7H,8H2,1H3,(H,20,21)(H,23,24)/b14-7+. The summed E-state index contributed by atoms with van der Waals surface area (Å²) >= 11 is 6.05. The topological polar surface area (TPSA) is 108 Å². The van der Waals surface area contributed by atoms with E-state index in [1.165, 1.54) is 12.1 Å². The Morgan fingerprint density at radius 2 is 2.00 bits per heavy atom. The summed E-state index contributed by atoms with van der Waals surface area (Å²) in [6, 6.07) is 8.21. The van der Waals surface area contributed by atoms with Gasteiger partial charge in [-0.3, -0.25) is 14.5 Å². The van der Waals surface area contributed by atoms with E-state index in [-0.39, 0.29) is 14.8 Å². The highest BCUT2D eigenvalue weighted by atomic mass is 32.2. The summed E-state index contributed by atoms with van der Waals surface area (Å²) in [6.07, 6.45) is 1.49. The van der Waals surface area contributed by atoms with Crippen molar-refractivity contribution in [2.45, 2.75) is 6.92 Å². The van der Waals surface area contributed by atoms with E-state index in [1.54, 1.807) is 31.2 Å². The molecule has 1 fully saturated rings. The van der Waals surface area contributed by atoms with Crippen molar-refractivity contribution in [3.8, 4) is 11.3 Å². The lowest BCUT2D eigenvalue weighted by molar-refractivity contribution is -0.140. The summed E-state index contributed by atoms with van der Waals surface area (Å²) < 4.78 is 5.91. The lowest BCUT2D eigenvalue weighted by Gasteiger charge is -2.09. The molecule has 0 radical (unpaired) electrons. The summed E-state index contributed by atoms with van der Waals surface area (Å²) in [5, 5.41) is 18.1. The number of carboxylic acid groups (broad SMARTS) is 2. The molecule has 1 aromatic heterocycles. The first-order valence-electron chi connectivity index (χ1n) is 7.68. The van der Waals surface area contributed by atoms with Crippen LogP contribution in [0.1, 0.15) is 21.7 Å². The number of carbonyl (C=O) groups is 3. The Balaban J connectivity index is 1.89. The fraction of sp³-hybridized carbons (Fsp3) is 0.111. The highest BCUT2D eigenvalue weighted by Gasteiger charge is 2.33. The van der Waals surface area contributed by atoms with E-state index in [4.69, 9.17) is 21.7 Å². The smallest absolute Gasteiger partial charge is 0.335 e. The Hall–Kier alpha value is -2.91. The Labute approximate surface area is 163 Å². The molecular formula is C18H13NO6S2. The van der Waals surface area contributed by atoms with Crippen molar-refractivity contribution in [3.63, 3.8) is 0 Å². The van der Waals surface area contributed by atoms with Crippen LogP contribution >= 0.6 is 24.0 Å². The van der Waals surface area contributed by atoms with Gasteiger partial charge in [0, 0.05) is 11.6 Å². The Morgan fingerprint density at radius 1 is 1.26 bits per heavy atom. The Kier molecular flexibility index (Phi) is 5.15. The van der Waals surface area contributed by atoms with Gasteiger partial charge in [0.05, 0.1) is 10.5 Å². The molecule has 2 heterocycles. The fourth-order valence-electron chi connectivity index (χ4n) is 2.61. The van der Waals surface area contributed by atoms with Crippen LogP contribution in [0.25, 0.3) is 17.4 Å². The van der Waals surface area contributed by atoms with Crippen LogP contribution in [0.3, 0.4) is 0 Å². The molecule has 138 valence electrons. The monoisotopic (exact) mass is 403 g/mol. The molecule has 0 atom stereocenters. The second-order valence-electron chi connectivity index (χ2n) is 5.65. The van der Waals surface area contributed by atoms with Gasteiger partial charge in [0.1, 0.15) is 22.4 Å². The Morgan fingerprint density at radius 3 is 2.67 bits per heavy atom.